The Labute approximate surface area is 174 Å². The van der Waals surface area contributed by atoms with E-state index in [1.54, 1.807) is 14.2 Å². The molecular weight excluding hydrogens is 445 g/mol. The standard InChI is InChI=1S/C19H31N3O3.HI/c1-20-19(21-12-16-4-6-17(7-5-16)14-24-3)22-9-8-18(13-22)15-25-11-10-23-2;/h4-7,18H,8-15H2,1-3H3,(H,20,21);1H. The number of methoxy groups -OCH3 is 2. The smallest absolute Gasteiger partial charge is 0.193 e. The molecule has 0 saturated carbocycles. The largest absolute Gasteiger partial charge is 0.382 e. The number of hydrogen-bond acceptors (Lipinski definition) is 4. The van der Waals surface area contributed by atoms with Gasteiger partial charge in [0.25, 0.3) is 0 Å². The first-order chi connectivity index (χ1) is 12.3. The molecule has 0 bridgehead atoms. The van der Waals surface area contributed by atoms with Crippen molar-refractivity contribution in [2.24, 2.45) is 10.9 Å². The van der Waals surface area contributed by atoms with Gasteiger partial charge >= 0.3 is 0 Å². The molecule has 1 fully saturated rings. The summed E-state index contributed by atoms with van der Waals surface area (Å²) < 4.78 is 15.8. The zero-order valence-corrected chi connectivity index (χ0v) is 18.4. The summed E-state index contributed by atoms with van der Waals surface area (Å²) in [6, 6.07) is 8.47. The Morgan fingerprint density at radius 1 is 1.15 bits per heavy atom. The van der Waals surface area contributed by atoms with Crippen molar-refractivity contribution < 1.29 is 14.2 Å². The Morgan fingerprint density at radius 2 is 1.88 bits per heavy atom. The van der Waals surface area contributed by atoms with Crippen LogP contribution in [0.5, 0.6) is 0 Å². The van der Waals surface area contributed by atoms with E-state index in [9.17, 15) is 0 Å². The number of hydrogen-bond donors (Lipinski definition) is 1. The molecule has 0 spiro atoms. The van der Waals surface area contributed by atoms with Crippen molar-refractivity contribution in [1.29, 1.82) is 0 Å². The van der Waals surface area contributed by atoms with Crippen LogP contribution >= 0.6 is 24.0 Å². The molecule has 1 aromatic carbocycles. The van der Waals surface area contributed by atoms with Gasteiger partial charge in [-0.15, -0.1) is 24.0 Å². The molecule has 1 saturated heterocycles. The fourth-order valence-electron chi connectivity index (χ4n) is 2.99. The highest BCUT2D eigenvalue weighted by Gasteiger charge is 2.24. The lowest BCUT2D eigenvalue weighted by Gasteiger charge is -2.22. The molecule has 1 aromatic rings. The number of benzene rings is 1. The molecule has 1 aliphatic rings. The molecule has 26 heavy (non-hydrogen) atoms. The van der Waals surface area contributed by atoms with Crippen LogP contribution in [0.25, 0.3) is 0 Å². The van der Waals surface area contributed by atoms with Crippen molar-refractivity contribution in [2.45, 2.75) is 19.6 Å². The highest BCUT2D eigenvalue weighted by atomic mass is 127. The van der Waals surface area contributed by atoms with E-state index in [1.165, 1.54) is 11.1 Å². The number of halogens is 1. The van der Waals surface area contributed by atoms with Crippen LogP contribution in [-0.4, -0.2) is 65.0 Å². The number of nitrogens with zero attached hydrogens (tertiary/aromatic N) is 2. The van der Waals surface area contributed by atoms with Gasteiger partial charge in [-0.2, -0.15) is 0 Å². The van der Waals surface area contributed by atoms with E-state index in [2.05, 4.69) is 39.5 Å². The second-order valence-corrected chi connectivity index (χ2v) is 6.32. The van der Waals surface area contributed by atoms with Gasteiger partial charge in [0.05, 0.1) is 26.4 Å². The van der Waals surface area contributed by atoms with Crippen molar-refractivity contribution in [1.82, 2.24) is 10.2 Å². The lowest BCUT2D eigenvalue weighted by molar-refractivity contribution is 0.0536. The summed E-state index contributed by atoms with van der Waals surface area (Å²) in [5.41, 5.74) is 2.42. The first kappa shape index (κ1) is 23.1. The highest BCUT2D eigenvalue weighted by Crippen LogP contribution is 2.16. The Bertz CT molecular complexity index is 525. The summed E-state index contributed by atoms with van der Waals surface area (Å²) in [4.78, 5) is 6.74. The van der Waals surface area contributed by atoms with Gasteiger partial charge in [0.2, 0.25) is 0 Å². The molecule has 1 aliphatic heterocycles. The average molecular weight is 477 g/mol. The SMILES string of the molecule is CN=C(NCc1ccc(COC)cc1)N1CCC(COCCOC)C1.I. The first-order valence-electron chi connectivity index (χ1n) is 8.85. The maximum Gasteiger partial charge on any atom is 0.193 e. The number of likely N-dealkylation sites (tertiary alicyclic amines) is 1. The molecule has 1 heterocycles. The number of nitrogens with one attached hydrogen (secondary N) is 1. The third-order valence-electron chi connectivity index (χ3n) is 4.37. The summed E-state index contributed by atoms with van der Waals surface area (Å²) in [6.45, 7) is 5.53. The normalized spacial score (nSPS) is 17.3. The predicted octanol–water partition coefficient (Wildman–Crippen LogP) is 2.51. The van der Waals surface area contributed by atoms with E-state index in [0.717, 1.165) is 38.6 Å². The third-order valence-corrected chi connectivity index (χ3v) is 4.37. The van der Waals surface area contributed by atoms with Gasteiger partial charge < -0.3 is 24.4 Å². The van der Waals surface area contributed by atoms with E-state index in [-0.39, 0.29) is 24.0 Å². The van der Waals surface area contributed by atoms with Crippen molar-refractivity contribution >= 4 is 29.9 Å². The van der Waals surface area contributed by atoms with Gasteiger partial charge in [0.1, 0.15) is 0 Å². The molecule has 1 atom stereocenters. The Balaban J connectivity index is 0.00000338. The summed E-state index contributed by atoms with van der Waals surface area (Å²) in [5.74, 6) is 1.52. The third kappa shape index (κ3) is 7.77. The molecule has 1 N–H and O–H groups in total. The van der Waals surface area contributed by atoms with E-state index in [4.69, 9.17) is 14.2 Å². The lowest BCUT2D eigenvalue weighted by Crippen LogP contribution is -2.39. The van der Waals surface area contributed by atoms with Crippen LogP contribution in [0, 0.1) is 5.92 Å². The van der Waals surface area contributed by atoms with Gasteiger partial charge in [-0.3, -0.25) is 4.99 Å². The monoisotopic (exact) mass is 477 g/mol. The van der Waals surface area contributed by atoms with E-state index in [0.29, 0.717) is 25.7 Å². The van der Waals surface area contributed by atoms with Gasteiger partial charge in [0, 0.05) is 46.8 Å². The molecule has 2 rings (SSSR count). The topological polar surface area (TPSA) is 55.3 Å². The molecule has 148 valence electrons. The second-order valence-electron chi connectivity index (χ2n) is 6.32. The quantitative estimate of drug-likeness (QED) is 0.257. The van der Waals surface area contributed by atoms with Gasteiger partial charge in [-0.05, 0) is 17.5 Å². The van der Waals surface area contributed by atoms with E-state index < -0.39 is 0 Å². The predicted molar refractivity (Wildman–Crippen MR) is 115 cm³/mol. The summed E-state index contributed by atoms with van der Waals surface area (Å²) >= 11 is 0. The Hall–Kier alpha value is -0.900. The van der Waals surface area contributed by atoms with Crippen molar-refractivity contribution in [3.8, 4) is 0 Å². The van der Waals surface area contributed by atoms with Crippen LogP contribution in [0.1, 0.15) is 17.5 Å². The molecule has 0 amide bonds. The molecular formula is C19H32IN3O3. The van der Waals surface area contributed by atoms with Crippen LogP contribution in [0.15, 0.2) is 29.3 Å². The maximum absolute atomic E-state index is 5.66. The Morgan fingerprint density at radius 3 is 2.54 bits per heavy atom. The van der Waals surface area contributed by atoms with Crippen LogP contribution in [-0.2, 0) is 27.4 Å². The summed E-state index contributed by atoms with van der Waals surface area (Å²) in [7, 11) is 5.25. The molecule has 0 aliphatic carbocycles. The van der Waals surface area contributed by atoms with Crippen LogP contribution in [0.4, 0.5) is 0 Å². The van der Waals surface area contributed by atoms with Crippen molar-refractivity contribution in [2.75, 3.05) is 54.2 Å². The Kier molecular flexibility index (Phi) is 11.8. The number of guanidine groups is 1. The van der Waals surface area contributed by atoms with E-state index in [1.807, 2.05) is 7.05 Å². The zero-order chi connectivity index (χ0) is 17.9. The van der Waals surface area contributed by atoms with Crippen LogP contribution < -0.4 is 5.32 Å². The van der Waals surface area contributed by atoms with E-state index >= 15 is 0 Å². The fraction of sp³-hybridized carbons (Fsp3) is 0.632. The van der Waals surface area contributed by atoms with Crippen LogP contribution in [0.2, 0.25) is 0 Å². The highest BCUT2D eigenvalue weighted by molar-refractivity contribution is 14.0. The fourth-order valence-corrected chi connectivity index (χ4v) is 2.99. The van der Waals surface area contributed by atoms with Gasteiger partial charge in [-0.25, -0.2) is 0 Å². The number of aliphatic imine (C=N–C) groups is 1. The number of ether oxygens (including phenoxy) is 3. The second kappa shape index (κ2) is 13.3. The van der Waals surface area contributed by atoms with Crippen molar-refractivity contribution in [3.63, 3.8) is 0 Å². The number of rotatable bonds is 9. The summed E-state index contributed by atoms with van der Waals surface area (Å²) in [5, 5.41) is 3.46. The summed E-state index contributed by atoms with van der Waals surface area (Å²) in [6.07, 6.45) is 1.14. The van der Waals surface area contributed by atoms with Crippen LogP contribution in [0.3, 0.4) is 0 Å². The van der Waals surface area contributed by atoms with Gasteiger partial charge in [-0.1, -0.05) is 24.3 Å². The minimum Gasteiger partial charge on any atom is -0.382 e. The van der Waals surface area contributed by atoms with Gasteiger partial charge in [0.15, 0.2) is 5.96 Å². The minimum atomic E-state index is 0. The molecule has 0 radical (unpaired) electrons. The molecule has 0 aromatic heterocycles. The molecule has 7 heteroatoms. The zero-order valence-electron chi connectivity index (χ0n) is 16.1. The maximum atomic E-state index is 5.66. The molecule has 1 unspecified atom stereocenters. The minimum absolute atomic E-state index is 0. The molecule has 6 nitrogen and oxygen atoms in total. The first-order valence-corrected chi connectivity index (χ1v) is 8.85. The average Bonchev–Trinajstić information content (AvgIpc) is 3.10. The lowest BCUT2D eigenvalue weighted by atomic mass is 10.1. The van der Waals surface area contributed by atoms with Crippen molar-refractivity contribution in [3.05, 3.63) is 35.4 Å².